The van der Waals surface area contributed by atoms with Gasteiger partial charge in [0, 0.05) is 36.9 Å². The van der Waals surface area contributed by atoms with Gasteiger partial charge >= 0.3 is 0 Å². The maximum atomic E-state index is 12.8. The normalized spacial score (nSPS) is 15.0. The monoisotopic (exact) mass is 295 g/mol. The molecular weight excluding hydrogens is 288 g/mol. The summed E-state index contributed by atoms with van der Waals surface area (Å²) < 4.78 is 14.9. The molecule has 1 aliphatic heterocycles. The largest absolute Gasteiger partial charge is 0.307 e. The van der Waals surface area contributed by atoms with E-state index in [-0.39, 0.29) is 5.82 Å². The van der Waals surface area contributed by atoms with Gasteiger partial charge in [0.05, 0.1) is 5.69 Å². The lowest BCUT2D eigenvalue weighted by atomic mass is 10.2. The van der Waals surface area contributed by atoms with Gasteiger partial charge in [-0.15, -0.1) is 0 Å². The number of halogens is 2. The predicted molar refractivity (Wildman–Crippen MR) is 59.1 cm³/mol. The first-order valence-electron chi connectivity index (χ1n) is 3.66. The number of fused-ring (bicyclic) bond motifs is 1. The molecule has 2 rings (SSSR count). The number of hydrogen-bond acceptors (Lipinski definition) is 2. The van der Waals surface area contributed by atoms with Gasteiger partial charge < -0.3 is 4.31 Å². The standard InChI is InChI=1S/C8H7FINS/c9-7-2-1-6-3-4-11(12-10)8(6)5-7/h1-2,5H,3-4H2. The fourth-order valence-electron chi connectivity index (χ4n) is 1.39. The summed E-state index contributed by atoms with van der Waals surface area (Å²) in [7, 11) is 1.62. The Labute approximate surface area is 87.0 Å². The van der Waals surface area contributed by atoms with Gasteiger partial charge in [-0.1, -0.05) is 6.07 Å². The summed E-state index contributed by atoms with van der Waals surface area (Å²) in [6, 6.07) is 5.01. The molecule has 0 aromatic heterocycles. The Morgan fingerprint density at radius 1 is 1.50 bits per heavy atom. The quantitative estimate of drug-likeness (QED) is 0.578. The average molecular weight is 295 g/mol. The van der Waals surface area contributed by atoms with Gasteiger partial charge in [0.2, 0.25) is 0 Å². The molecule has 0 N–H and O–H groups in total. The molecule has 0 saturated carbocycles. The molecular formula is C8H7FINS. The number of benzene rings is 1. The van der Waals surface area contributed by atoms with Gasteiger partial charge in [0.1, 0.15) is 5.82 Å². The minimum absolute atomic E-state index is 0.147. The second-order valence-electron chi connectivity index (χ2n) is 2.69. The molecule has 0 spiro atoms. The van der Waals surface area contributed by atoms with Crippen LogP contribution in [0.4, 0.5) is 10.1 Å². The molecule has 4 heteroatoms. The maximum absolute atomic E-state index is 12.8. The number of hydrogen-bond donors (Lipinski definition) is 0. The van der Waals surface area contributed by atoms with Crippen LogP contribution in [0.1, 0.15) is 5.56 Å². The molecule has 0 fully saturated rings. The zero-order valence-corrected chi connectivity index (χ0v) is 9.23. The van der Waals surface area contributed by atoms with E-state index in [1.54, 1.807) is 15.2 Å². The van der Waals surface area contributed by atoms with Crippen molar-refractivity contribution in [3.63, 3.8) is 0 Å². The fourth-order valence-corrected chi connectivity index (χ4v) is 3.03. The molecule has 0 amide bonds. The summed E-state index contributed by atoms with van der Waals surface area (Å²) in [6.07, 6.45) is 1.03. The van der Waals surface area contributed by atoms with Crippen LogP contribution in [0.15, 0.2) is 18.2 Å². The third-order valence-corrected chi connectivity index (χ3v) is 3.96. The Bertz CT molecular complexity index is 305. The van der Waals surface area contributed by atoms with E-state index in [1.807, 2.05) is 6.07 Å². The lowest BCUT2D eigenvalue weighted by Gasteiger charge is -2.12. The summed E-state index contributed by atoms with van der Waals surface area (Å²) >= 11 is 2.22. The van der Waals surface area contributed by atoms with Crippen molar-refractivity contribution in [1.29, 1.82) is 0 Å². The van der Waals surface area contributed by atoms with Crippen LogP contribution in [0.5, 0.6) is 0 Å². The second-order valence-corrected chi connectivity index (χ2v) is 4.45. The molecule has 1 heterocycles. The van der Waals surface area contributed by atoms with E-state index in [4.69, 9.17) is 0 Å². The Morgan fingerprint density at radius 3 is 3.08 bits per heavy atom. The lowest BCUT2D eigenvalue weighted by molar-refractivity contribution is 0.628. The van der Waals surface area contributed by atoms with Crippen LogP contribution < -0.4 is 4.31 Å². The number of anilines is 1. The molecule has 0 aliphatic carbocycles. The Balaban J connectivity index is 2.42. The number of nitrogens with zero attached hydrogens (tertiary/aromatic N) is 1. The highest BCUT2D eigenvalue weighted by Gasteiger charge is 2.18. The SMILES string of the molecule is Fc1ccc2c(c1)N(SI)CC2. The minimum atomic E-state index is -0.147. The third kappa shape index (κ3) is 1.42. The minimum Gasteiger partial charge on any atom is -0.307 e. The first-order valence-corrected chi connectivity index (χ1v) is 6.97. The summed E-state index contributed by atoms with van der Waals surface area (Å²) in [5.74, 6) is -0.147. The van der Waals surface area contributed by atoms with Crippen molar-refractivity contribution < 1.29 is 4.39 Å². The lowest BCUT2D eigenvalue weighted by Crippen LogP contribution is -2.07. The van der Waals surface area contributed by atoms with Crippen LogP contribution in [0.25, 0.3) is 0 Å². The van der Waals surface area contributed by atoms with E-state index >= 15 is 0 Å². The third-order valence-electron chi connectivity index (χ3n) is 1.98. The molecule has 1 aromatic rings. The van der Waals surface area contributed by atoms with Crippen LogP contribution in [0.3, 0.4) is 0 Å². The zero-order valence-electron chi connectivity index (χ0n) is 6.26. The smallest absolute Gasteiger partial charge is 0.125 e. The van der Waals surface area contributed by atoms with Gasteiger partial charge in [0.25, 0.3) is 0 Å². The average Bonchev–Trinajstić information content (AvgIpc) is 2.46. The Kier molecular flexibility index (Phi) is 2.45. The first kappa shape index (κ1) is 8.62. The van der Waals surface area contributed by atoms with E-state index in [0.29, 0.717) is 0 Å². The van der Waals surface area contributed by atoms with E-state index in [0.717, 1.165) is 18.7 Å². The van der Waals surface area contributed by atoms with E-state index in [9.17, 15) is 4.39 Å². The summed E-state index contributed by atoms with van der Waals surface area (Å²) in [5, 5.41) is 0. The van der Waals surface area contributed by atoms with Crippen molar-refractivity contribution in [2.75, 3.05) is 10.8 Å². The molecule has 0 radical (unpaired) electrons. The van der Waals surface area contributed by atoms with Crippen LogP contribution in [0, 0.1) is 5.82 Å². The molecule has 0 atom stereocenters. The van der Waals surface area contributed by atoms with Crippen molar-refractivity contribution in [2.24, 2.45) is 0 Å². The molecule has 1 nitrogen and oxygen atoms in total. The van der Waals surface area contributed by atoms with Crippen LogP contribution >= 0.6 is 30.3 Å². The topological polar surface area (TPSA) is 3.24 Å². The molecule has 0 saturated heterocycles. The zero-order chi connectivity index (χ0) is 8.55. The Morgan fingerprint density at radius 2 is 2.33 bits per heavy atom. The van der Waals surface area contributed by atoms with Gasteiger partial charge in [-0.2, -0.15) is 0 Å². The first-order chi connectivity index (χ1) is 5.81. The van der Waals surface area contributed by atoms with Gasteiger partial charge in [-0.05, 0) is 24.1 Å². The van der Waals surface area contributed by atoms with Gasteiger partial charge in [-0.25, -0.2) is 4.39 Å². The van der Waals surface area contributed by atoms with Gasteiger partial charge in [0.15, 0.2) is 0 Å². The highest BCUT2D eigenvalue weighted by atomic mass is 127. The van der Waals surface area contributed by atoms with E-state index in [2.05, 4.69) is 25.5 Å². The van der Waals surface area contributed by atoms with Crippen LogP contribution in [0.2, 0.25) is 0 Å². The van der Waals surface area contributed by atoms with Crippen molar-refractivity contribution in [3.05, 3.63) is 29.6 Å². The number of rotatable bonds is 1. The summed E-state index contributed by atoms with van der Waals surface area (Å²) in [5.41, 5.74) is 2.29. The van der Waals surface area contributed by atoms with Crippen molar-refractivity contribution >= 4 is 36.0 Å². The van der Waals surface area contributed by atoms with Crippen LogP contribution in [-0.2, 0) is 6.42 Å². The second kappa shape index (κ2) is 3.41. The highest BCUT2D eigenvalue weighted by Crippen LogP contribution is 2.35. The molecule has 0 unspecified atom stereocenters. The fraction of sp³-hybridized carbons (Fsp3) is 0.250. The van der Waals surface area contributed by atoms with Crippen molar-refractivity contribution in [1.82, 2.24) is 0 Å². The molecule has 64 valence electrons. The van der Waals surface area contributed by atoms with Gasteiger partial charge in [-0.3, -0.25) is 0 Å². The van der Waals surface area contributed by atoms with Crippen LogP contribution in [-0.4, -0.2) is 6.54 Å². The van der Waals surface area contributed by atoms with Crippen molar-refractivity contribution in [3.8, 4) is 0 Å². The highest BCUT2D eigenvalue weighted by molar-refractivity contribution is 14.2. The predicted octanol–water partition coefficient (Wildman–Crippen LogP) is 3.19. The molecule has 1 aliphatic rings. The van der Waals surface area contributed by atoms with E-state index < -0.39 is 0 Å². The summed E-state index contributed by atoms with van der Waals surface area (Å²) in [6.45, 7) is 0.992. The van der Waals surface area contributed by atoms with E-state index in [1.165, 1.54) is 11.6 Å². The summed E-state index contributed by atoms with van der Waals surface area (Å²) in [4.78, 5) is 0. The molecule has 1 aromatic carbocycles. The maximum Gasteiger partial charge on any atom is 0.125 e. The molecule has 0 bridgehead atoms. The van der Waals surface area contributed by atoms with Crippen molar-refractivity contribution in [2.45, 2.75) is 6.42 Å². The molecule has 12 heavy (non-hydrogen) atoms. The Hall–Kier alpha value is 0.0300.